The van der Waals surface area contributed by atoms with Gasteiger partial charge >= 0.3 is 11.9 Å². The number of rotatable bonds is 6. The molecule has 7 nitrogen and oxygen atoms in total. The maximum atomic E-state index is 11.0. The molecule has 0 saturated carbocycles. The van der Waals surface area contributed by atoms with E-state index >= 15 is 0 Å². The van der Waals surface area contributed by atoms with Crippen LogP contribution in [-0.2, 0) is 16.0 Å². The Morgan fingerprint density at radius 1 is 1.36 bits per heavy atom. The molecule has 3 N–H and O–H groups in total. The zero-order chi connectivity index (χ0) is 16.5. The van der Waals surface area contributed by atoms with E-state index in [-0.39, 0.29) is 6.42 Å². The molecule has 1 aromatic rings. The maximum Gasteiger partial charge on any atom is 0.307 e. The molecular weight excluding hydrogens is 306 g/mol. The molecule has 0 amide bonds. The summed E-state index contributed by atoms with van der Waals surface area (Å²) in [6.45, 7) is 0. The highest BCUT2D eigenvalue weighted by molar-refractivity contribution is 8.13. The second-order valence-corrected chi connectivity index (χ2v) is 5.16. The molecular formula is C14H15N3O4S. The van der Waals surface area contributed by atoms with Crippen LogP contribution < -0.4 is 5.32 Å². The molecule has 116 valence electrons. The van der Waals surface area contributed by atoms with Gasteiger partial charge in [0.05, 0.1) is 18.0 Å². The molecule has 0 aliphatic heterocycles. The van der Waals surface area contributed by atoms with Crippen LogP contribution in [0.1, 0.15) is 12.0 Å². The van der Waals surface area contributed by atoms with Crippen LogP contribution in [0.25, 0.3) is 0 Å². The molecule has 0 heterocycles. The first-order valence-electron chi connectivity index (χ1n) is 6.27. The lowest BCUT2D eigenvalue weighted by Gasteiger charge is -2.10. The number of amidine groups is 1. The van der Waals surface area contributed by atoms with Gasteiger partial charge in [-0.15, -0.1) is 0 Å². The number of thioether (sulfide) groups is 1. The predicted molar refractivity (Wildman–Crippen MR) is 82.9 cm³/mol. The molecule has 22 heavy (non-hydrogen) atoms. The van der Waals surface area contributed by atoms with Gasteiger partial charge in [-0.25, -0.2) is 4.99 Å². The molecule has 1 rings (SSSR count). The van der Waals surface area contributed by atoms with Crippen molar-refractivity contribution in [2.24, 2.45) is 10.9 Å². The minimum atomic E-state index is -1.14. The minimum absolute atomic E-state index is 0.136. The zero-order valence-electron chi connectivity index (χ0n) is 11.8. The van der Waals surface area contributed by atoms with E-state index in [2.05, 4.69) is 10.3 Å². The average molecular weight is 321 g/mol. The second-order valence-electron chi connectivity index (χ2n) is 4.36. The van der Waals surface area contributed by atoms with Crippen LogP contribution in [0.5, 0.6) is 0 Å². The van der Waals surface area contributed by atoms with Gasteiger partial charge < -0.3 is 10.2 Å². The molecule has 8 heteroatoms. The Morgan fingerprint density at radius 2 is 2.00 bits per heavy atom. The van der Waals surface area contributed by atoms with E-state index in [1.54, 1.807) is 36.7 Å². The number of nitrogens with zero attached hydrogens (tertiary/aromatic N) is 2. The number of nitriles is 1. The second kappa shape index (κ2) is 8.69. The molecule has 1 atom stereocenters. The Balaban J connectivity index is 2.82. The van der Waals surface area contributed by atoms with Crippen LogP contribution in [0.4, 0.5) is 5.69 Å². The molecule has 0 aromatic heterocycles. The molecule has 0 saturated heterocycles. The normalized spacial score (nSPS) is 12.3. The largest absolute Gasteiger partial charge is 0.481 e. The smallest absolute Gasteiger partial charge is 0.307 e. The molecule has 1 unspecified atom stereocenters. The summed E-state index contributed by atoms with van der Waals surface area (Å²) in [5.41, 5.74) is 1.33. The van der Waals surface area contributed by atoms with Gasteiger partial charge in [-0.2, -0.15) is 5.26 Å². The van der Waals surface area contributed by atoms with Gasteiger partial charge in [0.15, 0.2) is 11.4 Å². The van der Waals surface area contributed by atoms with Crippen LogP contribution in [-0.4, -0.2) is 33.6 Å². The van der Waals surface area contributed by atoms with Crippen LogP contribution in [0.2, 0.25) is 0 Å². The van der Waals surface area contributed by atoms with Crippen molar-refractivity contribution in [3.63, 3.8) is 0 Å². The lowest BCUT2D eigenvalue weighted by molar-refractivity contribution is -0.148. The number of carbonyl (C=O) groups is 2. The summed E-state index contributed by atoms with van der Waals surface area (Å²) in [7, 11) is 0. The Labute approximate surface area is 131 Å². The first kappa shape index (κ1) is 17.5. The zero-order valence-corrected chi connectivity index (χ0v) is 12.6. The highest BCUT2D eigenvalue weighted by atomic mass is 32.2. The van der Waals surface area contributed by atoms with Crippen molar-refractivity contribution in [3.8, 4) is 6.19 Å². The van der Waals surface area contributed by atoms with Crippen LogP contribution in [0.3, 0.4) is 0 Å². The average Bonchev–Trinajstić information content (AvgIpc) is 2.47. The van der Waals surface area contributed by atoms with Gasteiger partial charge in [-0.1, -0.05) is 23.9 Å². The first-order chi connectivity index (χ1) is 10.5. The highest BCUT2D eigenvalue weighted by Gasteiger charge is 2.21. The number of carboxylic acids is 2. The van der Waals surface area contributed by atoms with Crippen LogP contribution in [0, 0.1) is 17.4 Å². The fourth-order valence-electron chi connectivity index (χ4n) is 1.74. The Hall–Kier alpha value is -2.53. The lowest BCUT2D eigenvalue weighted by atomic mass is 9.96. The number of benzene rings is 1. The number of nitrogens with one attached hydrogen (secondary N) is 1. The van der Waals surface area contributed by atoms with Gasteiger partial charge in [0.2, 0.25) is 0 Å². The number of aliphatic imine (C=N–C) groups is 1. The summed E-state index contributed by atoms with van der Waals surface area (Å²) < 4.78 is 0. The maximum absolute atomic E-state index is 11.0. The molecule has 0 spiro atoms. The van der Waals surface area contributed by atoms with E-state index in [9.17, 15) is 9.59 Å². The molecule has 0 radical (unpaired) electrons. The molecule has 0 bridgehead atoms. The third kappa shape index (κ3) is 5.85. The van der Waals surface area contributed by atoms with Crippen LogP contribution in [0.15, 0.2) is 29.3 Å². The Kier molecular flexibility index (Phi) is 6.92. The van der Waals surface area contributed by atoms with Crippen molar-refractivity contribution in [1.29, 1.82) is 5.26 Å². The number of aliphatic carboxylic acids is 2. The van der Waals surface area contributed by atoms with E-state index in [4.69, 9.17) is 15.5 Å². The van der Waals surface area contributed by atoms with E-state index in [1.807, 2.05) is 0 Å². The fourth-order valence-corrected chi connectivity index (χ4v) is 2.08. The SMILES string of the molecule is CSC(=Nc1ccc(CC(CC(=O)O)C(=O)O)cc1)NC#N. The van der Waals surface area contributed by atoms with Gasteiger partial charge in [-0.05, 0) is 30.4 Å². The van der Waals surface area contributed by atoms with Crippen molar-refractivity contribution < 1.29 is 19.8 Å². The van der Waals surface area contributed by atoms with Gasteiger partial charge in [0.25, 0.3) is 0 Å². The van der Waals surface area contributed by atoms with Gasteiger partial charge in [0.1, 0.15) is 0 Å². The summed E-state index contributed by atoms with van der Waals surface area (Å²) in [4.78, 5) is 25.9. The molecule has 0 aliphatic rings. The third-order valence-electron chi connectivity index (χ3n) is 2.78. The van der Waals surface area contributed by atoms with Crippen molar-refractivity contribution in [2.75, 3.05) is 6.26 Å². The topological polar surface area (TPSA) is 123 Å². The van der Waals surface area contributed by atoms with E-state index in [1.165, 1.54) is 11.8 Å². The van der Waals surface area contributed by atoms with Crippen molar-refractivity contribution in [2.45, 2.75) is 12.8 Å². The lowest BCUT2D eigenvalue weighted by Crippen LogP contribution is -2.20. The van der Waals surface area contributed by atoms with E-state index < -0.39 is 24.3 Å². The monoisotopic (exact) mass is 321 g/mol. The fraction of sp³-hybridized carbons (Fsp3) is 0.286. The van der Waals surface area contributed by atoms with Crippen molar-refractivity contribution >= 4 is 34.6 Å². The Morgan fingerprint density at radius 3 is 2.45 bits per heavy atom. The molecule has 1 aromatic carbocycles. The van der Waals surface area contributed by atoms with E-state index in [0.29, 0.717) is 16.4 Å². The van der Waals surface area contributed by atoms with E-state index in [0.717, 1.165) is 0 Å². The summed E-state index contributed by atoms with van der Waals surface area (Å²) in [5.74, 6) is -3.23. The third-order valence-corrected chi connectivity index (χ3v) is 3.36. The first-order valence-corrected chi connectivity index (χ1v) is 7.50. The number of hydrogen-bond donors (Lipinski definition) is 3. The number of hydrogen-bond acceptors (Lipinski definition) is 5. The molecule has 0 fully saturated rings. The van der Waals surface area contributed by atoms with Crippen molar-refractivity contribution in [1.82, 2.24) is 5.32 Å². The minimum Gasteiger partial charge on any atom is -0.481 e. The molecule has 0 aliphatic carbocycles. The summed E-state index contributed by atoms with van der Waals surface area (Å²) in [5, 5.41) is 29.2. The summed E-state index contributed by atoms with van der Waals surface area (Å²) >= 11 is 1.29. The summed E-state index contributed by atoms with van der Waals surface area (Å²) in [6.07, 6.45) is 3.28. The quantitative estimate of drug-likeness (QED) is 0.316. The predicted octanol–water partition coefficient (Wildman–Crippen LogP) is 1.83. The Bertz CT molecular complexity index is 608. The van der Waals surface area contributed by atoms with Crippen molar-refractivity contribution in [3.05, 3.63) is 29.8 Å². The standard InChI is InChI=1S/C14H15N3O4S/c1-22-14(16-8-15)17-11-4-2-9(3-5-11)6-10(13(20)21)7-12(18)19/h2-5,10H,6-7H2,1H3,(H,16,17)(H,18,19)(H,20,21). The number of carboxylic acid groups (broad SMARTS) is 2. The highest BCUT2D eigenvalue weighted by Crippen LogP contribution is 2.18. The van der Waals surface area contributed by atoms with Gasteiger partial charge in [-0.3, -0.25) is 14.9 Å². The summed E-state index contributed by atoms with van der Waals surface area (Å²) in [6, 6.07) is 6.76. The van der Waals surface area contributed by atoms with Crippen LogP contribution >= 0.6 is 11.8 Å². The van der Waals surface area contributed by atoms with Gasteiger partial charge in [0, 0.05) is 0 Å².